The molecule has 4 heteroatoms. The molecule has 0 bridgehead atoms. The summed E-state index contributed by atoms with van der Waals surface area (Å²) < 4.78 is 0. The molecular weight excluding hydrogens is 104 g/mol. The van der Waals surface area contributed by atoms with Gasteiger partial charge in [0.25, 0.3) is 0 Å². The molecule has 2 N–H and O–H groups in total. The van der Waals surface area contributed by atoms with E-state index in [1.165, 1.54) is 0 Å². The average molecular weight is 111 g/mol. The Labute approximate surface area is 47.8 Å². The Hall–Kier alpha value is -1.03. The second-order valence-corrected chi connectivity index (χ2v) is 1.33. The molecule has 0 atom stereocenters. The highest BCUT2D eigenvalue weighted by Crippen LogP contribution is 1.79. The lowest BCUT2D eigenvalue weighted by Crippen LogP contribution is -2.36. The van der Waals surface area contributed by atoms with Crippen LogP contribution in [0, 0.1) is 0 Å². The topological polar surface area (TPSA) is 39.7 Å². The number of nitrogens with one attached hydrogen (secondary N) is 2. The van der Waals surface area contributed by atoms with E-state index in [2.05, 4.69) is 29.1 Å². The van der Waals surface area contributed by atoms with Crippen LogP contribution in [-0.4, -0.2) is 17.9 Å². The number of hydrazone groups is 1. The number of hydrogen-bond acceptors (Lipinski definition) is 4. The zero-order chi connectivity index (χ0) is 5.82. The molecule has 0 fully saturated rings. The van der Waals surface area contributed by atoms with Crippen LogP contribution in [-0.2, 0) is 0 Å². The van der Waals surface area contributed by atoms with Crippen LogP contribution in [0.2, 0.25) is 0 Å². The molecule has 0 spiro atoms. The summed E-state index contributed by atoms with van der Waals surface area (Å²) in [5.74, 6) is 0. The summed E-state index contributed by atoms with van der Waals surface area (Å²) in [4.78, 5) is 0. The second-order valence-electron chi connectivity index (χ2n) is 1.33. The van der Waals surface area contributed by atoms with Gasteiger partial charge in [0.2, 0.25) is 6.34 Å². The lowest BCUT2D eigenvalue weighted by atomic mass is 10.6. The molecule has 1 heterocycles. The Balaban J connectivity index is 2.25. The van der Waals surface area contributed by atoms with E-state index in [1.54, 1.807) is 11.1 Å². The quantitative estimate of drug-likeness (QED) is 0.464. The molecule has 0 saturated carbocycles. The van der Waals surface area contributed by atoms with E-state index in [9.17, 15) is 0 Å². The number of nitrogens with zero attached hydrogens (tertiary/aromatic N) is 2. The first-order valence-corrected chi connectivity index (χ1v) is 2.28. The predicted molar refractivity (Wildman–Crippen MR) is 30.6 cm³/mol. The molecule has 0 aromatic carbocycles. The summed E-state index contributed by atoms with van der Waals surface area (Å²) in [5.41, 5.74) is 5.19. The Morgan fingerprint density at radius 2 is 2.75 bits per heavy atom. The van der Waals surface area contributed by atoms with E-state index in [0.717, 1.165) is 0 Å². The lowest BCUT2D eigenvalue weighted by molar-refractivity contribution is 0.327. The van der Waals surface area contributed by atoms with Gasteiger partial charge in [-0.15, -0.1) is 17.2 Å². The van der Waals surface area contributed by atoms with Crippen molar-refractivity contribution in [2.24, 2.45) is 5.10 Å². The summed E-state index contributed by atoms with van der Waals surface area (Å²) in [5, 5.41) is 5.20. The largest absolute Gasteiger partial charge is 0.265 e. The fourth-order valence-electron chi connectivity index (χ4n) is 0.411. The van der Waals surface area contributed by atoms with Crippen LogP contribution < -0.4 is 11.1 Å². The Morgan fingerprint density at radius 1 is 1.88 bits per heavy atom. The van der Waals surface area contributed by atoms with Gasteiger partial charge in [0, 0.05) is 0 Å². The van der Waals surface area contributed by atoms with Gasteiger partial charge >= 0.3 is 0 Å². The molecule has 0 amide bonds. The second kappa shape index (κ2) is 2.32. The maximum absolute atomic E-state index is 3.55. The van der Waals surface area contributed by atoms with Crippen LogP contribution in [0.15, 0.2) is 17.8 Å². The normalized spacial score (nSPS) is 16.2. The third kappa shape index (κ3) is 0.974. The van der Waals surface area contributed by atoms with E-state index in [1.807, 2.05) is 0 Å². The van der Waals surface area contributed by atoms with Gasteiger partial charge in [0.05, 0.1) is 6.54 Å². The van der Waals surface area contributed by atoms with Gasteiger partial charge in [-0.05, 0) is 0 Å². The third-order valence-electron chi connectivity index (χ3n) is 0.723. The highest BCUT2D eigenvalue weighted by atomic mass is 15.8. The van der Waals surface area contributed by atoms with Crippen LogP contribution in [0.3, 0.4) is 0 Å². The first kappa shape index (κ1) is 5.11. The first-order valence-electron chi connectivity index (χ1n) is 2.28. The highest BCUT2D eigenvalue weighted by Gasteiger charge is 1.99. The van der Waals surface area contributed by atoms with E-state index >= 15 is 0 Å². The molecule has 4 nitrogen and oxygen atoms in total. The highest BCUT2D eigenvalue weighted by molar-refractivity contribution is 5.55. The van der Waals surface area contributed by atoms with Gasteiger partial charge in [-0.2, -0.15) is 0 Å². The summed E-state index contributed by atoms with van der Waals surface area (Å²) in [6.45, 7) is 4.24. The average Bonchev–Trinajstić information content (AvgIpc) is 2.19. The lowest BCUT2D eigenvalue weighted by Gasteiger charge is -2.07. The molecule has 0 unspecified atom stereocenters. The maximum Gasteiger partial charge on any atom is 0.212 e. The van der Waals surface area contributed by atoms with Crippen molar-refractivity contribution in [1.29, 1.82) is 0 Å². The monoisotopic (exact) mass is 111 g/mol. The molecule has 1 aliphatic rings. The Bertz CT molecular complexity index is 109. The van der Waals surface area contributed by atoms with Gasteiger partial charge < -0.3 is 0 Å². The van der Waals surface area contributed by atoms with Crippen molar-refractivity contribution in [3.63, 3.8) is 0 Å². The van der Waals surface area contributed by atoms with Crippen LogP contribution in [0.1, 0.15) is 0 Å². The summed E-state index contributed by atoms with van der Waals surface area (Å²) >= 11 is 0. The molecule has 1 aliphatic heterocycles. The van der Waals surface area contributed by atoms with Crippen molar-refractivity contribution in [1.82, 2.24) is 16.1 Å². The molecule has 8 heavy (non-hydrogen) atoms. The third-order valence-corrected chi connectivity index (χ3v) is 0.723. The summed E-state index contributed by atoms with van der Waals surface area (Å²) in [6.07, 6.45) is 4.37. The fraction of sp³-hybridized carbons (Fsp3) is 0.250. The van der Waals surface area contributed by atoms with E-state index in [0.29, 0.717) is 6.54 Å². The standard InChI is InChI=1S/C4H7N4/c1-2-3-8-4-5-6-7-8/h2,6-7H,1,3H2. The van der Waals surface area contributed by atoms with Crippen molar-refractivity contribution < 1.29 is 0 Å². The zero-order valence-corrected chi connectivity index (χ0v) is 4.39. The van der Waals surface area contributed by atoms with Crippen molar-refractivity contribution in [2.75, 3.05) is 6.54 Å². The Kier molecular flexibility index (Phi) is 1.48. The van der Waals surface area contributed by atoms with Crippen LogP contribution in [0.4, 0.5) is 0 Å². The minimum Gasteiger partial charge on any atom is -0.265 e. The van der Waals surface area contributed by atoms with E-state index in [4.69, 9.17) is 0 Å². The maximum atomic E-state index is 3.55. The van der Waals surface area contributed by atoms with Crippen LogP contribution in [0.25, 0.3) is 0 Å². The summed E-state index contributed by atoms with van der Waals surface area (Å²) in [6, 6.07) is 0. The SMILES string of the molecule is C=CCN1[C]=NNN1. The van der Waals surface area contributed by atoms with Crippen molar-refractivity contribution in [3.8, 4) is 0 Å². The van der Waals surface area contributed by atoms with Gasteiger partial charge in [0.15, 0.2) is 0 Å². The van der Waals surface area contributed by atoms with Gasteiger partial charge in [-0.3, -0.25) is 5.01 Å². The fourth-order valence-corrected chi connectivity index (χ4v) is 0.411. The molecule has 1 radical (unpaired) electrons. The van der Waals surface area contributed by atoms with Gasteiger partial charge in [-0.25, -0.2) is 5.53 Å². The number of rotatable bonds is 2. The van der Waals surface area contributed by atoms with Gasteiger partial charge in [0.1, 0.15) is 0 Å². The Morgan fingerprint density at radius 3 is 3.25 bits per heavy atom. The van der Waals surface area contributed by atoms with Crippen molar-refractivity contribution in [2.45, 2.75) is 0 Å². The minimum atomic E-state index is 0.705. The minimum absolute atomic E-state index is 0.705. The van der Waals surface area contributed by atoms with Crippen LogP contribution >= 0.6 is 0 Å². The smallest absolute Gasteiger partial charge is 0.212 e. The molecule has 0 aromatic rings. The molecule has 0 aromatic heterocycles. The molecule has 0 aliphatic carbocycles. The first-order chi connectivity index (χ1) is 3.93. The molecule has 43 valence electrons. The van der Waals surface area contributed by atoms with E-state index < -0.39 is 0 Å². The molecule has 0 saturated heterocycles. The van der Waals surface area contributed by atoms with Gasteiger partial charge in [-0.1, -0.05) is 6.08 Å². The number of hydrazine groups is 2. The van der Waals surface area contributed by atoms with Crippen molar-refractivity contribution >= 4 is 6.34 Å². The van der Waals surface area contributed by atoms with Crippen LogP contribution in [0.5, 0.6) is 0 Å². The van der Waals surface area contributed by atoms with Crippen molar-refractivity contribution in [3.05, 3.63) is 12.7 Å². The van der Waals surface area contributed by atoms with E-state index in [-0.39, 0.29) is 0 Å². The summed E-state index contributed by atoms with van der Waals surface area (Å²) in [7, 11) is 0. The molecule has 1 rings (SSSR count). The molecular formula is C4H7N4. The predicted octanol–water partition coefficient (Wildman–Crippen LogP) is -0.683. The zero-order valence-electron chi connectivity index (χ0n) is 4.39. The number of hydrogen-bond donors (Lipinski definition) is 2.